The summed E-state index contributed by atoms with van der Waals surface area (Å²) in [5, 5.41) is 20.4. The second-order valence-electron chi connectivity index (χ2n) is 21.2. The van der Waals surface area contributed by atoms with Gasteiger partial charge in [-0.25, -0.2) is 9.13 Å². The first kappa shape index (κ1) is 75.3. The zero-order valence-electron chi connectivity index (χ0n) is 48.9. The molecule has 456 valence electrons. The van der Waals surface area contributed by atoms with E-state index in [9.17, 15) is 43.5 Å². The Kier molecular flexibility index (Phi) is 53.6. The van der Waals surface area contributed by atoms with Crippen LogP contribution in [0.1, 0.15) is 290 Å². The number of allylic oxidation sites excluding steroid dienone is 2. The second kappa shape index (κ2) is 54.9. The Morgan fingerprint density at radius 2 is 0.610 bits per heavy atom. The predicted octanol–water partition coefficient (Wildman–Crippen LogP) is 16.0. The van der Waals surface area contributed by atoms with Crippen molar-refractivity contribution in [1.82, 2.24) is 0 Å². The number of phosphoric ester groups is 2. The highest BCUT2D eigenvalue weighted by molar-refractivity contribution is 7.47. The van der Waals surface area contributed by atoms with E-state index < -0.39 is 91.5 Å². The smallest absolute Gasteiger partial charge is 0.463 e. The molecule has 16 nitrogen and oxygen atoms in total. The molecule has 0 saturated heterocycles. The molecule has 0 saturated carbocycles. The Morgan fingerprint density at radius 3 is 0.961 bits per heavy atom. The van der Waals surface area contributed by atoms with Gasteiger partial charge in [0.15, 0.2) is 6.10 Å². The van der Waals surface area contributed by atoms with Crippen molar-refractivity contribution in [3.05, 3.63) is 12.2 Å². The Morgan fingerprint density at radius 1 is 0.351 bits per heavy atom. The van der Waals surface area contributed by atoms with Crippen molar-refractivity contribution < 1.29 is 75.8 Å². The van der Waals surface area contributed by atoms with Crippen molar-refractivity contribution in [2.75, 3.05) is 39.6 Å². The van der Waals surface area contributed by atoms with Gasteiger partial charge < -0.3 is 34.2 Å². The Labute approximate surface area is 468 Å². The van der Waals surface area contributed by atoms with Gasteiger partial charge in [-0.15, -0.1) is 0 Å². The number of carbonyl (C=O) groups excluding carboxylic acids is 3. The van der Waals surface area contributed by atoms with Gasteiger partial charge in [0.05, 0.1) is 26.4 Å². The van der Waals surface area contributed by atoms with Gasteiger partial charge in [-0.05, 0) is 44.9 Å². The van der Waals surface area contributed by atoms with Crippen LogP contribution in [0.15, 0.2) is 12.2 Å². The van der Waals surface area contributed by atoms with E-state index in [-0.39, 0.29) is 19.3 Å². The number of unbranched alkanes of at least 4 members (excludes halogenated alkanes) is 35. The molecule has 4 N–H and O–H groups in total. The highest BCUT2D eigenvalue weighted by Crippen LogP contribution is 2.45. The molecular formula is C59H114O16P2. The molecule has 0 spiro atoms. The summed E-state index contributed by atoms with van der Waals surface area (Å²) in [4.78, 5) is 58.0. The van der Waals surface area contributed by atoms with Crippen molar-refractivity contribution >= 4 is 33.6 Å². The van der Waals surface area contributed by atoms with Gasteiger partial charge in [0, 0.05) is 19.3 Å². The van der Waals surface area contributed by atoms with Crippen molar-refractivity contribution in [3.8, 4) is 0 Å². The molecule has 0 heterocycles. The summed E-state index contributed by atoms with van der Waals surface area (Å²) in [6.07, 6.45) is 45.6. The lowest BCUT2D eigenvalue weighted by Gasteiger charge is -2.21. The van der Waals surface area contributed by atoms with Crippen LogP contribution in [0.5, 0.6) is 0 Å². The van der Waals surface area contributed by atoms with Gasteiger partial charge in [-0.3, -0.25) is 32.5 Å². The molecule has 0 bridgehead atoms. The van der Waals surface area contributed by atoms with Gasteiger partial charge >= 0.3 is 33.6 Å². The van der Waals surface area contributed by atoms with E-state index in [4.69, 9.17) is 32.3 Å². The minimum atomic E-state index is -4.90. The number of aliphatic hydroxyl groups is 2. The maximum atomic E-state index is 12.8. The van der Waals surface area contributed by atoms with Crippen LogP contribution < -0.4 is 0 Å². The van der Waals surface area contributed by atoms with E-state index in [1.54, 1.807) is 0 Å². The summed E-state index contributed by atoms with van der Waals surface area (Å²) in [6, 6.07) is 0. The van der Waals surface area contributed by atoms with E-state index in [0.29, 0.717) is 19.3 Å². The van der Waals surface area contributed by atoms with Crippen LogP contribution in [-0.4, -0.2) is 95.9 Å². The van der Waals surface area contributed by atoms with E-state index in [0.717, 1.165) is 83.5 Å². The van der Waals surface area contributed by atoms with Crippen LogP contribution in [0.2, 0.25) is 0 Å². The van der Waals surface area contributed by atoms with Gasteiger partial charge in [-0.1, -0.05) is 238 Å². The molecular weight excluding hydrogens is 1030 g/mol. The minimum Gasteiger partial charge on any atom is -0.463 e. The number of hydrogen-bond acceptors (Lipinski definition) is 14. The third-order valence-electron chi connectivity index (χ3n) is 13.5. The molecule has 0 aliphatic carbocycles. The number of ether oxygens (including phenoxy) is 3. The van der Waals surface area contributed by atoms with E-state index >= 15 is 0 Å². The quantitative estimate of drug-likeness (QED) is 0.0146. The summed E-state index contributed by atoms with van der Waals surface area (Å²) < 4.78 is 60.6. The van der Waals surface area contributed by atoms with Crippen LogP contribution in [0.4, 0.5) is 0 Å². The molecule has 0 aliphatic heterocycles. The van der Waals surface area contributed by atoms with Crippen LogP contribution in [0, 0.1) is 0 Å². The number of hydrogen-bond donors (Lipinski definition) is 4. The number of aliphatic hydroxyl groups excluding tert-OH is 2. The maximum Gasteiger partial charge on any atom is 0.472 e. The Hall–Kier alpha value is -1.71. The van der Waals surface area contributed by atoms with E-state index in [1.807, 2.05) is 0 Å². The third-order valence-corrected chi connectivity index (χ3v) is 15.4. The number of phosphoric acid groups is 2. The third kappa shape index (κ3) is 56.0. The predicted molar refractivity (Wildman–Crippen MR) is 307 cm³/mol. The van der Waals surface area contributed by atoms with Crippen molar-refractivity contribution in [1.29, 1.82) is 0 Å². The van der Waals surface area contributed by atoms with Crippen molar-refractivity contribution in [2.24, 2.45) is 0 Å². The topological polar surface area (TPSA) is 231 Å². The Balaban J connectivity index is 4.64. The zero-order chi connectivity index (χ0) is 56.8. The summed E-state index contributed by atoms with van der Waals surface area (Å²) in [5.74, 6) is -1.56. The number of carbonyl (C=O) groups is 3. The monoisotopic (exact) mass is 1140 g/mol. The summed E-state index contributed by atoms with van der Waals surface area (Å²) >= 11 is 0. The molecule has 0 aromatic carbocycles. The minimum absolute atomic E-state index is 0.112. The molecule has 5 atom stereocenters. The van der Waals surface area contributed by atoms with Crippen LogP contribution in [0.3, 0.4) is 0 Å². The van der Waals surface area contributed by atoms with E-state index in [2.05, 4.69) is 32.9 Å². The first-order chi connectivity index (χ1) is 37.2. The average Bonchev–Trinajstić information content (AvgIpc) is 3.40. The van der Waals surface area contributed by atoms with Crippen molar-refractivity contribution in [3.63, 3.8) is 0 Å². The average molecular weight is 1140 g/mol. The Bertz CT molecular complexity index is 1480. The molecule has 77 heavy (non-hydrogen) atoms. The summed E-state index contributed by atoms with van der Waals surface area (Å²) in [7, 11) is -9.73. The van der Waals surface area contributed by atoms with E-state index in [1.165, 1.54) is 148 Å². The second-order valence-corrected chi connectivity index (χ2v) is 24.1. The lowest BCUT2D eigenvalue weighted by molar-refractivity contribution is -0.161. The number of rotatable bonds is 60. The first-order valence-electron chi connectivity index (χ1n) is 31.0. The fraction of sp³-hybridized carbons (Fsp3) is 0.915. The summed E-state index contributed by atoms with van der Waals surface area (Å²) in [6.45, 7) is 2.68. The largest absolute Gasteiger partial charge is 0.472 e. The normalized spacial score (nSPS) is 14.5. The molecule has 0 radical (unpaired) electrons. The highest BCUT2D eigenvalue weighted by Gasteiger charge is 2.29. The molecule has 5 unspecified atom stereocenters. The van der Waals surface area contributed by atoms with Crippen molar-refractivity contribution in [2.45, 2.75) is 309 Å². The van der Waals surface area contributed by atoms with Crippen LogP contribution >= 0.6 is 15.6 Å². The lowest BCUT2D eigenvalue weighted by atomic mass is 10.0. The fourth-order valence-corrected chi connectivity index (χ4v) is 10.3. The SMILES string of the molecule is CCCCCC/C=C\CCCCCCCC(=O)OCC(COP(=O)(O)OCC(O)COP(=O)(O)OCC(O)COC(=O)CCCCCCCCCCCCCCCCC)OC(=O)CCCCCCCCCCCCCCC. The standard InChI is InChI=1S/C59H114O16P2/c1-4-7-10-13-16-19-22-25-26-29-31-33-36-39-42-45-57(62)69-48-54(60)49-71-76(65,66)72-50-55(61)51-73-77(67,68)74-53-56(75-59(64)47-44-41-38-35-32-28-24-21-18-15-12-9-6-3)52-70-58(63)46-43-40-37-34-30-27-23-20-17-14-11-8-5-2/h20,23,54-56,60-61H,4-19,21-22,24-53H2,1-3H3,(H,65,66)(H,67,68)/b23-20-. The molecule has 0 amide bonds. The van der Waals surface area contributed by atoms with Gasteiger partial charge in [-0.2, -0.15) is 0 Å². The maximum absolute atomic E-state index is 12.8. The van der Waals surface area contributed by atoms with Gasteiger partial charge in [0.1, 0.15) is 25.4 Å². The molecule has 18 heteroatoms. The van der Waals surface area contributed by atoms with Gasteiger partial charge in [0.2, 0.25) is 0 Å². The van der Waals surface area contributed by atoms with Gasteiger partial charge in [0.25, 0.3) is 0 Å². The van der Waals surface area contributed by atoms with Crippen LogP contribution in [-0.2, 0) is 55.8 Å². The highest BCUT2D eigenvalue weighted by atomic mass is 31.2. The molecule has 0 aromatic rings. The molecule has 0 fully saturated rings. The summed E-state index contributed by atoms with van der Waals surface area (Å²) in [5.41, 5.74) is 0. The molecule has 0 aliphatic rings. The lowest BCUT2D eigenvalue weighted by Crippen LogP contribution is -2.30. The molecule has 0 rings (SSSR count). The molecule has 0 aromatic heterocycles. The fourth-order valence-electron chi connectivity index (χ4n) is 8.68. The van der Waals surface area contributed by atoms with Crippen LogP contribution in [0.25, 0.3) is 0 Å². The first-order valence-corrected chi connectivity index (χ1v) is 34.0. The number of esters is 3. The zero-order valence-corrected chi connectivity index (χ0v) is 50.7.